The highest BCUT2D eigenvalue weighted by atomic mass is 16.5. The van der Waals surface area contributed by atoms with Crippen molar-refractivity contribution in [2.75, 3.05) is 0 Å². The van der Waals surface area contributed by atoms with Gasteiger partial charge in [0.05, 0.1) is 18.6 Å². The summed E-state index contributed by atoms with van der Waals surface area (Å²) in [6.07, 6.45) is 7.13. The summed E-state index contributed by atoms with van der Waals surface area (Å²) in [6, 6.07) is 10.1. The van der Waals surface area contributed by atoms with Gasteiger partial charge < -0.3 is 4.74 Å². The first-order valence-electron chi connectivity index (χ1n) is 6.94. The van der Waals surface area contributed by atoms with Gasteiger partial charge in [-0.05, 0) is 42.9 Å². The number of hydrogen-bond acceptors (Lipinski definition) is 2. The summed E-state index contributed by atoms with van der Waals surface area (Å²) in [7, 11) is 0. The van der Waals surface area contributed by atoms with Crippen molar-refractivity contribution >= 4 is 0 Å². The normalized spacial score (nSPS) is 23.3. The summed E-state index contributed by atoms with van der Waals surface area (Å²) in [5, 5.41) is 8.63. The molecular formula is C16H21NO. The summed E-state index contributed by atoms with van der Waals surface area (Å²) in [4.78, 5) is 0. The van der Waals surface area contributed by atoms with Gasteiger partial charge in [0.25, 0.3) is 0 Å². The molecule has 0 saturated heterocycles. The Morgan fingerprint density at radius 2 is 2.06 bits per heavy atom. The van der Waals surface area contributed by atoms with Crippen molar-refractivity contribution in [1.82, 2.24) is 0 Å². The molecule has 0 heterocycles. The molecule has 1 aliphatic rings. The molecule has 0 aliphatic heterocycles. The number of nitriles is 1. The van der Waals surface area contributed by atoms with Crippen LogP contribution >= 0.6 is 0 Å². The molecule has 1 aromatic rings. The van der Waals surface area contributed by atoms with Gasteiger partial charge in [-0.15, -0.1) is 0 Å². The van der Waals surface area contributed by atoms with Gasteiger partial charge in [0, 0.05) is 0 Å². The second-order valence-corrected chi connectivity index (χ2v) is 5.16. The Bertz CT molecular complexity index is 404. The smallest absolute Gasteiger partial charge is 0.119 e. The van der Waals surface area contributed by atoms with E-state index in [-0.39, 0.29) is 0 Å². The van der Waals surface area contributed by atoms with Crippen molar-refractivity contribution in [3.63, 3.8) is 0 Å². The zero-order valence-corrected chi connectivity index (χ0v) is 11.1. The first-order valence-corrected chi connectivity index (χ1v) is 6.94. The van der Waals surface area contributed by atoms with E-state index in [1.54, 1.807) is 0 Å². The lowest BCUT2D eigenvalue weighted by atomic mass is 9.85. The van der Waals surface area contributed by atoms with Crippen LogP contribution < -0.4 is 4.74 Å². The Balaban J connectivity index is 1.90. The molecule has 1 aromatic carbocycles. The average Bonchev–Trinajstić information content (AvgIpc) is 2.42. The topological polar surface area (TPSA) is 33.0 Å². The molecule has 2 heteroatoms. The minimum absolute atomic E-state index is 0.380. The van der Waals surface area contributed by atoms with Crippen molar-refractivity contribution in [3.05, 3.63) is 29.8 Å². The van der Waals surface area contributed by atoms with Crippen LogP contribution in [0.3, 0.4) is 0 Å². The van der Waals surface area contributed by atoms with E-state index in [0.29, 0.717) is 12.5 Å². The number of hydrogen-bond donors (Lipinski definition) is 0. The van der Waals surface area contributed by atoms with Crippen molar-refractivity contribution in [1.29, 1.82) is 5.26 Å². The number of benzene rings is 1. The summed E-state index contributed by atoms with van der Waals surface area (Å²) >= 11 is 0. The zero-order chi connectivity index (χ0) is 12.8. The maximum atomic E-state index is 8.63. The SMILES string of the molecule is CCC1CCCC(Oc2ccc(CC#N)cc2)C1. The summed E-state index contributed by atoms with van der Waals surface area (Å²) in [5.41, 5.74) is 1.06. The second-order valence-electron chi connectivity index (χ2n) is 5.16. The molecule has 18 heavy (non-hydrogen) atoms. The standard InChI is InChI=1S/C16H21NO/c1-2-13-4-3-5-16(12-13)18-15-8-6-14(7-9-15)10-11-17/h6-9,13,16H,2-5,10,12H2,1H3. The van der Waals surface area contributed by atoms with Gasteiger partial charge in [-0.25, -0.2) is 0 Å². The maximum absolute atomic E-state index is 8.63. The Morgan fingerprint density at radius 3 is 2.72 bits per heavy atom. The van der Waals surface area contributed by atoms with E-state index in [0.717, 1.165) is 17.2 Å². The van der Waals surface area contributed by atoms with Gasteiger partial charge in [-0.1, -0.05) is 31.9 Å². The molecule has 0 radical (unpaired) electrons. The van der Waals surface area contributed by atoms with Gasteiger partial charge in [0.1, 0.15) is 5.75 Å². The number of rotatable bonds is 4. The van der Waals surface area contributed by atoms with Crippen molar-refractivity contribution in [2.45, 2.75) is 51.6 Å². The van der Waals surface area contributed by atoms with E-state index in [4.69, 9.17) is 10.00 Å². The van der Waals surface area contributed by atoms with Gasteiger partial charge >= 0.3 is 0 Å². The quantitative estimate of drug-likeness (QED) is 0.797. The zero-order valence-electron chi connectivity index (χ0n) is 11.1. The summed E-state index contributed by atoms with van der Waals surface area (Å²) in [6.45, 7) is 2.27. The van der Waals surface area contributed by atoms with E-state index >= 15 is 0 Å². The van der Waals surface area contributed by atoms with E-state index in [9.17, 15) is 0 Å². The fourth-order valence-electron chi connectivity index (χ4n) is 2.69. The van der Waals surface area contributed by atoms with Gasteiger partial charge in [0.2, 0.25) is 0 Å². The van der Waals surface area contributed by atoms with Gasteiger partial charge in [-0.3, -0.25) is 0 Å². The lowest BCUT2D eigenvalue weighted by molar-refractivity contribution is 0.122. The molecule has 96 valence electrons. The summed E-state index contributed by atoms with van der Waals surface area (Å²) in [5.74, 6) is 1.78. The third kappa shape index (κ3) is 3.50. The molecule has 0 N–H and O–H groups in total. The molecule has 0 amide bonds. The Morgan fingerprint density at radius 1 is 1.28 bits per heavy atom. The Labute approximate surface area is 110 Å². The van der Waals surface area contributed by atoms with Crippen molar-refractivity contribution < 1.29 is 4.74 Å². The fraction of sp³-hybridized carbons (Fsp3) is 0.562. The fourth-order valence-corrected chi connectivity index (χ4v) is 2.69. The molecule has 2 nitrogen and oxygen atoms in total. The first-order chi connectivity index (χ1) is 8.81. The predicted molar refractivity (Wildman–Crippen MR) is 72.4 cm³/mol. The Hall–Kier alpha value is -1.49. The molecule has 1 aliphatic carbocycles. The van der Waals surface area contributed by atoms with Crippen molar-refractivity contribution in [2.24, 2.45) is 5.92 Å². The van der Waals surface area contributed by atoms with E-state index < -0.39 is 0 Å². The lowest BCUT2D eigenvalue weighted by Crippen LogP contribution is -2.25. The minimum Gasteiger partial charge on any atom is -0.490 e. The molecule has 0 bridgehead atoms. The van der Waals surface area contributed by atoms with Crippen LogP contribution in [0.2, 0.25) is 0 Å². The molecule has 1 saturated carbocycles. The van der Waals surface area contributed by atoms with Crippen LogP contribution in [0.5, 0.6) is 5.75 Å². The second kappa shape index (κ2) is 6.44. The van der Waals surface area contributed by atoms with E-state index in [2.05, 4.69) is 13.0 Å². The van der Waals surface area contributed by atoms with Crippen LogP contribution in [0.4, 0.5) is 0 Å². The van der Waals surface area contributed by atoms with Crippen LogP contribution in [0.1, 0.15) is 44.6 Å². The van der Waals surface area contributed by atoms with Gasteiger partial charge in [-0.2, -0.15) is 5.26 Å². The molecule has 0 spiro atoms. The molecule has 2 rings (SSSR count). The highest BCUT2D eigenvalue weighted by Crippen LogP contribution is 2.29. The minimum atomic E-state index is 0.380. The average molecular weight is 243 g/mol. The van der Waals surface area contributed by atoms with Crippen LogP contribution in [-0.4, -0.2) is 6.10 Å². The van der Waals surface area contributed by atoms with Gasteiger partial charge in [0.15, 0.2) is 0 Å². The number of nitrogens with zero attached hydrogens (tertiary/aromatic N) is 1. The van der Waals surface area contributed by atoms with Crippen molar-refractivity contribution in [3.8, 4) is 11.8 Å². The van der Waals surface area contributed by atoms with E-state index in [1.165, 1.54) is 32.1 Å². The highest BCUT2D eigenvalue weighted by molar-refractivity contribution is 5.28. The molecule has 1 fully saturated rings. The number of ether oxygens (including phenoxy) is 1. The highest BCUT2D eigenvalue weighted by Gasteiger charge is 2.21. The summed E-state index contributed by atoms with van der Waals surface area (Å²) < 4.78 is 6.04. The predicted octanol–water partition coefficient (Wildman–Crippen LogP) is 4.10. The third-order valence-corrected chi connectivity index (χ3v) is 3.82. The van der Waals surface area contributed by atoms with Crippen LogP contribution in [0.25, 0.3) is 0 Å². The third-order valence-electron chi connectivity index (χ3n) is 3.82. The van der Waals surface area contributed by atoms with Crippen LogP contribution in [-0.2, 0) is 6.42 Å². The first kappa shape index (κ1) is 13.0. The van der Waals surface area contributed by atoms with Crippen LogP contribution in [0, 0.1) is 17.2 Å². The largest absolute Gasteiger partial charge is 0.490 e. The van der Waals surface area contributed by atoms with E-state index in [1.807, 2.05) is 24.3 Å². The Kier molecular flexibility index (Phi) is 4.64. The maximum Gasteiger partial charge on any atom is 0.119 e. The van der Waals surface area contributed by atoms with Crippen LogP contribution in [0.15, 0.2) is 24.3 Å². The molecular weight excluding hydrogens is 222 g/mol. The molecule has 2 unspecified atom stereocenters. The monoisotopic (exact) mass is 243 g/mol. The lowest BCUT2D eigenvalue weighted by Gasteiger charge is -2.29. The molecule has 2 atom stereocenters. The molecule has 0 aromatic heterocycles.